The molecule has 0 fully saturated rings. The molecule has 0 amide bonds. The first-order chi connectivity index (χ1) is 7.20. The lowest BCUT2D eigenvalue weighted by Crippen LogP contribution is -2.08. The summed E-state index contributed by atoms with van der Waals surface area (Å²) in [6.45, 7) is 2.01. The molecule has 1 aromatic carbocycles. The first kappa shape index (κ1) is 10.5. The van der Waals surface area contributed by atoms with Crippen LogP contribution in [0.4, 0.5) is 0 Å². The van der Waals surface area contributed by atoms with Crippen molar-refractivity contribution in [2.75, 3.05) is 0 Å². The number of benzene rings is 1. The molecule has 0 aliphatic rings. The molecule has 1 heterocycles. The van der Waals surface area contributed by atoms with Gasteiger partial charge in [0.1, 0.15) is 0 Å². The average Bonchev–Trinajstić information content (AvgIpc) is 2.69. The summed E-state index contributed by atoms with van der Waals surface area (Å²) in [7, 11) is 0. The fourth-order valence-corrected chi connectivity index (χ4v) is 2.27. The SMILES string of the molecule is CC(c1c(Cl)cccc1Cl)n1cccn1. The van der Waals surface area contributed by atoms with Gasteiger partial charge in [0.15, 0.2) is 0 Å². The van der Waals surface area contributed by atoms with E-state index >= 15 is 0 Å². The summed E-state index contributed by atoms with van der Waals surface area (Å²) < 4.78 is 1.83. The molecule has 0 spiro atoms. The largest absolute Gasteiger partial charge is 0.265 e. The van der Waals surface area contributed by atoms with E-state index in [-0.39, 0.29) is 6.04 Å². The molecule has 2 aromatic rings. The van der Waals surface area contributed by atoms with Gasteiger partial charge in [-0.15, -0.1) is 0 Å². The van der Waals surface area contributed by atoms with Gasteiger partial charge in [0.25, 0.3) is 0 Å². The summed E-state index contributed by atoms with van der Waals surface area (Å²) in [6.07, 6.45) is 3.63. The molecule has 0 radical (unpaired) electrons. The Kier molecular flexibility index (Phi) is 2.98. The second kappa shape index (κ2) is 4.25. The molecule has 78 valence electrons. The molecule has 4 heteroatoms. The lowest BCUT2D eigenvalue weighted by Gasteiger charge is -2.15. The van der Waals surface area contributed by atoms with Gasteiger partial charge in [0, 0.05) is 28.0 Å². The van der Waals surface area contributed by atoms with Gasteiger partial charge in [-0.2, -0.15) is 5.10 Å². The van der Waals surface area contributed by atoms with E-state index in [2.05, 4.69) is 5.10 Å². The zero-order chi connectivity index (χ0) is 10.8. The van der Waals surface area contributed by atoms with E-state index in [0.29, 0.717) is 10.0 Å². The zero-order valence-corrected chi connectivity index (χ0v) is 9.70. The van der Waals surface area contributed by atoms with Crippen molar-refractivity contribution >= 4 is 23.2 Å². The molecular weight excluding hydrogens is 231 g/mol. The van der Waals surface area contributed by atoms with Crippen molar-refractivity contribution in [2.45, 2.75) is 13.0 Å². The highest BCUT2D eigenvalue weighted by Crippen LogP contribution is 2.31. The fraction of sp³-hybridized carbons (Fsp3) is 0.182. The van der Waals surface area contributed by atoms with E-state index in [1.165, 1.54) is 0 Å². The predicted molar refractivity (Wildman–Crippen MR) is 62.5 cm³/mol. The number of rotatable bonds is 2. The van der Waals surface area contributed by atoms with Gasteiger partial charge >= 0.3 is 0 Å². The smallest absolute Gasteiger partial charge is 0.0769 e. The normalized spacial score (nSPS) is 12.7. The van der Waals surface area contributed by atoms with E-state index in [0.717, 1.165) is 5.56 Å². The van der Waals surface area contributed by atoms with E-state index in [1.807, 2.05) is 42.1 Å². The summed E-state index contributed by atoms with van der Waals surface area (Å²) in [5.74, 6) is 0. The molecule has 0 aliphatic carbocycles. The molecule has 0 saturated carbocycles. The molecule has 0 saturated heterocycles. The molecule has 1 unspecified atom stereocenters. The van der Waals surface area contributed by atoms with Crippen molar-refractivity contribution < 1.29 is 0 Å². The number of nitrogens with zero attached hydrogens (tertiary/aromatic N) is 2. The Labute approximate surface area is 98.4 Å². The van der Waals surface area contributed by atoms with E-state index in [1.54, 1.807) is 6.20 Å². The Morgan fingerprint density at radius 2 is 1.87 bits per heavy atom. The molecule has 1 aromatic heterocycles. The Morgan fingerprint density at radius 1 is 1.20 bits per heavy atom. The molecule has 0 N–H and O–H groups in total. The molecular formula is C11H10Cl2N2. The van der Waals surface area contributed by atoms with Crippen molar-refractivity contribution in [1.29, 1.82) is 0 Å². The number of aromatic nitrogens is 2. The summed E-state index contributed by atoms with van der Waals surface area (Å²) in [5, 5.41) is 5.52. The molecule has 2 rings (SSSR count). The second-order valence-corrected chi connectivity index (χ2v) is 4.11. The molecule has 1 atom stereocenters. The highest BCUT2D eigenvalue weighted by Gasteiger charge is 2.14. The quantitative estimate of drug-likeness (QED) is 0.781. The van der Waals surface area contributed by atoms with Crippen molar-refractivity contribution in [2.24, 2.45) is 0 Å². The van der Waals surface area contributed by atoms with Gasteiger partial charge in [-0.25, -0.2) is 0 Å². The maximum absolute atomic E-state index is 6.12. The number of halogens is 2. The summed E-state index contributed by atoms with van der Waals surface area (Å²) in [6, 6.07) is 7.43. The van der Waals surface area contributed by atoms with Crippen LogP contribution in [0.1, 0.15) is 18.5 Å². The third-order valence-electron chi connectivity index (χ3n) is 2.34. The van der Waals surface area contributed by atoms with Crippen molar-refractivity contribution in [1.82, 2.24) is 9.78 Å². The van der Waals surface area contributed by atoms with Crippen LogP contribution in [0.15, 0.2) is 36.7 Å². The minimum absolute atomic E-state index is 0.0428. The topological polar surface area (TPSA) is 17.8 Å². The average molecular weight is 241 g/mol. The third-order valence-corrected chi connectivity index (χ3v) is 3.00. The maximum Gasteiger partial charge on any atom is 0.0769 e. The van der Waals surface area contributed by atoms with Crippen LogP contribution in [0.5, 0.6) is 0 Å². The molecule has 15 heavy (non-hydrogen) atoms. The number of hydrogen-bond donors (Lipinski definition) is 0. The van der Waals surface area contributed by atoms with Gasteiger partial charge in [-0.05, 0) is 25.1 Å². The predicted octanol–water partition coefficient (Wildman–Crippen LogP) is 3.80. The van der Waals surface area contributed by atoms with E-state index < -0.39 is 0 Å². The first-order valence-corrected chi connectivity index (χ1v) is 5.39. The van der Waals surface area contributed by atoms with E-state index in [9.17, 15) is 0 Å². The van der Waals surface area contributed by atoms with Crippen LogP contribution in [0, 0.1) is 0 Å². The third kappa shape index (κ3) is 2.01. The van der Waals surface area contributed by atoms with Gasteiger partial charge in [0.2, 0.25) is 0 Å². The van der Waals surface area contributed by atoms with Crippen LogP contribution in [-0.2, 0) is 0 Å². The minimum atomic E-state index is 0.0428. The van der Waals surface area contributed by atoms with Crippen LogP contribution in [0.25, 0.3) is 0 Å². The number of hydrogen-bond acceptors (Lipinski definition) is 1. The van der Waals surface area contributed by atoms with Crippen molar-refractivity contribution in [3.05, 3.63) is 52.3 Å². The zero-order valence-electron chi connectivity index (χ0n) is 8.19. The second-order valence-electron chi connectivity index (χ2n) is 3.30. The highest BCUT2D eigenvalue weighted by molar-refractivity contribution is 6.36. The summed E-state index contributed by atoms with van der Waals surface area (Å²) in [4.78, 5) is 0. The maximum atomic E-state index is 6.12. The molecule has 0 aliphatic heterocycles. The van der Waals surface area contributed by atoms with Gasteiger partial charge < -0.3 is 0 Å². The Hall–Kier alpha value is -0.990. The van der Waals surface area contributed by atoms with Gasteiger partial charge in [-0.3, -0.25) is 4.68 Å². The van der Waals surface area contributed by atoms with Crippen LogP contribution in [-0.4, -0.2) is 9.78 Å². The van der Waals surface area contributed by atoms with Crippen LogP contribution in [0.2, 0.25) is 10.0 Å². The van der Waals surface area contributed by atoms with Crippen LogP contribution < -0.4 is 0 Å². The molecule has 2 nitrogen and oxygen atoms in total. The van der Waals surface area contributed by atoms with E-state index in [4.69, 9.17) is 23.2 Å². The molecule has 0 bridgehead atoms. The highest BCUT2D eigenvalue weighted by atomic mass is 35.5. The Morgan fingerprint density at radius 3 is 2.40 bits per heavy atom. The summed E-state index contributed by atoms with van der Waals surface area (Å²) >= 11 is 12.2. The minimum Gasteiger partial charge on any atom is -0.265 e. The van der Waals surface area contributed by atoms with Crippen molar-refractivity contribution in [3.63, 3.8) is 0 Å². The first-order valence-electron chi connectivity index (χ1n) is 4.63. The lowest BCUT2D eigenvalue weighted by atomic mass is 10.1. The standard InChI is InChI=1S/C11H10Cl2N2/c1-8(15-7-3-6-14-15)11-9(12)4-2-5-10(11)13/h2-8H,1H3. The monoisotopic (exact) mass is 240 g/mol. The summed E-state index contributed by atoms with van der Waals surface area (Å²) in [5.41, 5.74) is 0.907. The fourth-order valence-electron chi connectivity index (χ4n) is 1.55. The van der Waals surface area contributed by atoms with Gasteiger partial charge in [-0.1, -0.05) is 29.3 Å². The van der Waals surface area contributed by atoms with Gasteiger partial charge in [0.05, 0.1) is 6.04 Å². The Bertz CT molecular complexity index is 431. The van der Waals surface area contributed by atoms with Crippen LogP contribution in [0.3, 0.4) is 0 Å². The van der Waals surface area contributed by atoms with Crippen molar-refractivity contribution in [3.8, 4) is 0 Å². The lowest BCUT2D eigenvalue weighted by molar-refractivity contribution is 0.565. The Balaban J connectivity index is 2.46. The van der Waals surface area contributed by atoms with Crippen LogP contribution >= 0.6 is 23.2 Å².